The number of aromatic nitrogens is 1. The molecule has 0 saturated carbocycles. The molecule has 1 N–H and O–H groups in total. The van der Waals surface area contributed by atoms with Gasteiger partial charge < -0.3 is 9.26 Å². The summed E-state index contributed by atoms with van der Waals surface area (Å²) in [5.74, 6) is -0.306. The van der Waals surface area contributed by atoms with Crippen molar-refractivity contribution in [2.75, 3.05) is 11.3 Å². The molecule has 0 spiro atoms. The number of ether oxygens (including phenoxy) is 1. The molecule has 0 bridgehead atoms. The summed E-state index contributed by atoms with van der Waals surface area (Å²) in [6.07, 6.45) is 0. The molecule has 23 heavy (non-hydrogen) atoms. The number of anilines is 1. The number of hydrogen-bond donors (Lipinski definition) is 1. The lowest BCUT2D eigenvalue weighted by Crippen LogP contribution is -2.16. The van der Waals surface area contributed by atoms with Crippen LogP contribution in [-0.4, -0.2) is 26.2 Å². The van der Waals surface area contributed by atoms with Crippen molar-refractivity contribution < 1.29 is 22.5 Å². The van der Waals surface area contributed by atoms with Crippen LogP contribution in [0.25, 0.3) is 0 Å². The summed E-state index contributed by atoms with van der Waals surface area (Å²) in [6, 6.07) is 4.68. The second kappa shape index (κ2) is 6.41. The van der Waals surface area contributed by atoms with Gasteiger partial charge in [-0.3, -0.25) is 4.72 Å². The van der Waals surface area contributed by atoms with Gasteiger partial charge in [-0.2, -0.15) is 0 Å². The lowest BCUT2D eigenvalue weighted by Gasteiger charge is -2.11. The Hall–Kier alpha value is -2.35. The molecule has 0 fully saturated rings. The van der Waals surface area contributed by atoms with Gasteiger partial charge in [0, 0.05) is 0 Å². The Bertz CT molecular complexity index is 820. The number of nitrogens with one attached hydrogen (secondary N) is 1. The summed E-state index contributed by atoms with van der Waals surface area (Å²) in [6.45, 7) is 6.75. The second-order valence-electron chi connectivity index (χ2n) is 5.01. The van der Waals surface area contributed by atoms with Gasteiger partial charge in [-0.1, -0.05) is 11.2 Å². The average molecular weight is 338 g/mol. The predicted molar refractivity (Wildman–Crippen MR) is 83.9 cm³/mol. The van der Waals surface area contributed by atoms with E-state index in [4.69, 9.17) is 9.26 Å². The lowest BCUT2D eigenvalue weighted by molar-refractivity contribution is 0.0526. The fraction of sp³-hybridized carbons (Fsp3) is 0.333. The highest BCUT2D eigenvalue weighted by Gasteiger charge is 2.25. The van der Waals surface area contributed by atoms with Gasteiger partial charge in [-0.15, -0.1) is 0 Å². The van der Waals surface area contributed by atoms with Gasteiger partial charge in [0.2, 0.25) is 0 Å². The molecule has 7 nitrogen and oxygen atoms in total. The van der Waals surface area contributed by atoms with Crippen molar-refractivity contribution in [3.05, 3.63) is 40.8 Å². The summed E-state index contributed by atoms with van der Waals surface area (Å²) >= 11 is 0. The van der Waals surface area contributed by atoms with Gasteiger partial charge in [-0.25, -0.2) is 13.2 Å². The molecule has 8 heteroatoms. The van der Waals surface area contributed by atoms with Crippen LogP contribution in [0.2, 0.25) is 0 Å². The van der Waals surface area contributed by atoms with Gasteiger partial charge in [0.15, 0.2) is 10.7 Å². The number of nitrogens with zero attached hydrogens (tertiary/aromatic N) is 1. The van der Waals surface area contributed by atoms with Gasteiger partial charge in [0.05, 0.1) is 17.9 Å². The quantitative estimate of drug-likeness (QED) is 0.841. The molecular weight excluding hydrogens is 320 g/mol. The average Bonchev–Trinajstić information content (AvgIpc) is 2.81. The van der Waals surface area contributed by atoms with Crippen LogP contribution in [0.1, 0.15) is 34.3 Å². The van der Waals surface area contributed by atoms with Crippen molar-refractivity contribution >= 4 is 21.7 Å². The number of esters is 1. The number of carbonyl (C=O) groups excluding carboxylic acids is 1. The monoisotopic (exact) mass is 338 g/mol. The van der Waals surface area contributed by atoms with Crippen LogP contribution in [0.5, 0.6) is 0 Å². The first-order valence-corrected chi connectivity index (χ1v) is 8.48. The molecule has 1 heterocycles. The third-order valence-electron chi connectivity index (χ3n) is 3.23. The molecule has 0 aliphatic heterocycles. The van der Waals surface area contributed by atoms with E-state index in [-0.39, 0.29) is 28.5 Å². The first-order chi connectivity index (χ1) is 10.8. The van der Waals surface area contributed by atoms with Crippen LogP contribution < -0.4 is 4.72 Å². The zero-order chi connectivity index (χ0) is 17.2. The third-order valence-corrected chi connectivity index (χ3v) is 4.84. The van der Waals surface area contributed by atoms with Gasteiger partial charge in [-0.05, 0) is 45.4 Å². The van der Waals surface area contributed by atoms with E-state index in [1.807, 2.05) is 0 Å². The summed E-state index contributed by atoms with van der Waals surface area (Å²) < 4.78 is 37.4. The second-order valence-corrected chi connectivity index (χ2v) is 6.63. The van der Waals surface area contributed by atoms with E-state index in [1.54, 1.807) is 32.9 Å². The van der Waals surface area contributed by atoms with Crippen molar-refractivity contribution in [2.24, 2.45) is 0 Å². The van der Waals surface area contributed by atoms with Crippen molar-refractivity contribution in [3.8, 4) is 0 Å². The topological polar surface area (TPSA) is 98.5 Å². The van der Waals surface area contributed by atoms with Crippen LogP contribution in [-0.2, 0) is 14.8 Å². The Balaban J connectivity index is 2.40. The van der Waals surface area contributed by atoms with E-state index in [2.05, 4.69) is 9.88 Å². The van der Waals surface area contributed by atoms with Gasteiger partial charge >= 0.3 is 5.97 Å². The first-order valence-electron chi connectivity index (χ1n) is 6.99. The van der Waals surface area contributed by atoms with Crippen LogP contribution in [0.4, 0.5) is 5.69 Å². The number of sulfonamides is 1. The van der Waals surface area contributed by atoms with Gasteiger partial charge in [0.25, 0.3) is 10.0 Å². The van der Waals surface area contributed by atoms with E-state index in [0.717, 1.165) is 0 Å². The highest BCUT2D eigenvalue weighted by molar-refractivity contribution is 7.92. The van der Waals surface area contributed by atoms with E-state index in [0.29, 0.717) is 11.3 Å². The van der Waals surface area contributed by atoms with E-state index in [1.165, 1.54) is 13.0 Å². The van der Waals surface area contributed by atoms with Crippen molar-refractivity contribution in [2.45, 2.75) is 32.6 Å². The maximum absolute atomic E-state index is 12.5. The Labute approximate surface area is 134 Å². The molecule has 1 aromatic carbocycles. The highest BCUT2D eigenvalue weighted by Crippen LogP contribution is 2.25. The maximum atomic E-state index is 12.5. The molecule has 1 aromatic heterocycles. The predicted octanol–water partition coefficient (Wildman–Crippen LogP) is 2.58. The van der Waals surface area contributed by atoms with Gasteiger partial charge in [0.1, 0.15) is 5.69 Å². The Morgan fingerprint density at radius 3 is 2.57 bits per heavy atom. The van der Waals surface area contributed by atoms with E-state index >= 15 is 0 Å². The standard InChI is InChI=1S/C15H18N2O5S/c1-5-21-15(18)12-7-6-9(2)13(8-12)17-23(19,20)14-10(3)16-22-11(14)4/h6-8,17H,5H2,1-4H3. The third kappa shape index (κ3) is 3.53. The minimum absolute atomic E-state index is 0.00145. The Morgan fingerprint density at radius 2 is 2.00 bits per heavy atom. The molecule has 2 aromatic rings. The molecule has 0 amide bonds. The minimum Gasteiger partial charge on any atom is -0.462 e. The molecule has 124 valence electrons. The largest absolute Gasteiger partial charge is 0.462 e. The number of rotatable bonds is 5. The zero-order valence-electron chi connectivity index (χ0n) is 13.3. The summed E-state index contributed by atoms with van der Waals surface area (Å²) in [7, 11) is -3.87. The normalized spacial score (nSPS) is 11.3. The summed E-state index contributed by atoms with van der Waals surface area (Å²) in [5.41, 5.74) is 1.52. The molecule has 0 atom stereocenters. The summed E-state index contributed by atoms with van der Waals surface area (Å²) in [5, 5.41) is 3.65. The molecule has 0 radical (unpaired) electrons. The van der Waals surface area contributed by atoms with Crippen LogP contribution >= 0.6 is 0 Å². The molecule has 0 aliphatic rings. The number of benzene rings is 1. The van der Waals surface area contributed by atoms with Crippen molar-refractivity contribution in [1.29, 1.82) is 0 Å². The summed E-state index contributed by atoms with van der Waals surface area (Å²) in [4.78, 5) is 11.8. The Morgan fingerprint density at radius 1 is 1.30 bits per heavy atom. The number of aryl methyl sites for hydroxylation is 3. The number of carbonyl (C=O) groups is 1. The van der Waals surface area contributed by atoms with Crippen LogP contribution in [0.3, 0.4) is 0 Å². The SMILES string of the molecule is CCOC(=O)c1ccc(C)c(NS(=O)(=O)c2c(C)noc2C)c1. The minimum atomic E-state index is -3.87. The fourth-order valence-electron chi connectivity index (χ4n) is 2.13. The number of hydrogen-bond acceptors (Lipinski definition) is 6. The first kappa shape index (κ1) is 17.0. The fourth-order valence-corrected chi connectivity index (χ4v) is 3.58. The Kier molecular flexibility index (Phi) is 4.74. The van der Waals surface area contributed by atoms with Crippen molar-refractivity contribution in [1.82, 2.24) is 5.16 Å². The van der Waals surface area contributed by atoms with Crippen molar-refractivity contribution in [3.63, 3.8) is 0 Å². The molecule has 0 saturated heterocycles. The lowest BCUT2D eigenvalue weighted by atomic mass is 10.1. The highest BCUT2D eigenvalue weighted by atomic mass is 32.2. The van der Waals surface area contributed by atoms with E-state index in [9.17, 15) is 13.2 Å². The molecule has 0 aliphatic carbocycles. The van der Waals surface area contributed by atoms with Crippen LogP contribution in [0.15, 0.2) is 27.6 Å². The van der Waals surface area contributed by atoms with Crippen LogP contribution in [0, 0.1) is 20.8 Å². The smallest absolute Gasteiger partial charge is 0.338 e. The molecular formula is C15H18N2O5S. The maximum Gasteiger partial charge on any atom is 0.338 e. The molecule has 0 unspecified atom stereocenters. The molecule has 2 rings (SSSR count). The zero-order valence-corrected chi connectivity index (χ0v) is 14.2. The van der Waals surface area contributed by atoms with E-state index < -0.39 is 16.0 Å².